The van der Waals surface area contributed by atoms with Gasteiger partial charge in [-0.1, -0.05) is 17.3 Å². The lowest BCUT2D eigenvalue weighted by molar-refractivity contribution is 0.0742. The summed E-state index contributed by atoms with van der Waals surface area (Å²) in [4.78, 5) is 15.4. The third-order valence-corrected chi connectivity index (χ3v) is 4.86. The maximum Gasteiger partial charge on any atom is 0.276 e. The number of ether oxygens (including phenoxy) is 2. The van der Waals surface area contributed by atoms with E-state index in [0.29, 0.717) is 30.3 Å². The molecule has 0 N–H and O–H groups in total. The van der Waals surface area contributed by atoms with Crippen molar-refractivity contribution in [1.29, 1.82) is 0 Å². The van der Waals surface area contributed by atoms with Crippen LogP contribution in [-0.4, -0.2) is 29.3 Å². The largest absolute Gasteiger partial charge is 0.454 e. The Balaban J connectivity index is 1.51. The molecule has 0 radical (unpaired) electrons. The summed E-state index contributed by atoms with van der Waals surface area (Å²) < 4.78 is 16.0. The van der Waals surface area contributed by atoms with Crippen molar-refractivity contribution in [2.24, 2.45) is 0 Å². The Morgan fingerprint density at radius 2 is 2.12 bits per heavy atom. The molecule has 0 bridgehead atoms. The minimum Gasteiger partial charge on any atom is -0.454 e. The molecule has 4 rings (SSSR count). The molecular weight excluding hydrogens is 340 g/mol. The summed E-state index contributed by atoms with van der Waals surface area (Å²) in [7, 11) is 0. The first-order valence-corrected chi connectivity index (χ1v) is 8.81. The summed E-state index contributed by atoms with van der Waals surface area (Å²) in [6.45, 7) is 3.20. The lowest BCUT2D eigenvalue weighted by atomic mass is 10.2. The van der Waals surface area contributed by atoms with Crippen LogP contribution in [0.15, 0.2) is 46.3 Å². The maximum atomic E-state index is 12.7. The van der Waals surface area contributed by atoms with Crippen molar-refractivity contribution >= 4 is 17.2 Å². The zero-order valence-corrected chi connectivity index (χ0v) is 14.4. The average molecular weight is 356 g/mol. The van der Waals surface area contributed by atoms with E-state index in [2.05, 4.69) is 5.16 Å². The number of hydrogen-bond acceptors (Lipinski definition) is 6. The van der Waals surface area contributed by atoms with E-state index in [4.69, 9.17) is 14.0 Å². The third-order valence-electron chi connectivity index (χ3n) is 3.97. The molecule has 128 valence electrons. The number of carbonyl (C=O) groups excluding carboxylic acids is 1. The van der Waals surface area contributed by atoms with Gasteiger partial charge < -0.3 is 18.9 Å². The summed E-state index contributed by atoms with van der Waals surface area (Å²) in [5.41, 5.74) is 1.28. The molecule has 2 aromatic heterocycles. The second-order valence-electron chi connectivity index (χ2n) is 5.56. The molecule has 1 amide bonds. The first kappa shape index (κ1) is 15.7. The molecule has 1 aliphatic rings. The zero-order chi connectivity index (χ0) is 17.2. The van der Waals surface area contributed by atoms with E-state index in [1.165, 1.54) is 0 Å². The smallest absolute Gasteiger partial charge is 0.276 e. The van der Waals surface area contributed by atoms with Gasteiger partial charge in [0.15, 0.2) is 23.0 Å². The summed E-state index contributed by atoms with van der Waals surface area (Å²) >= 11 is 1.54. The van der Waals surface area contributed by atoms with E-state index in [1.807, 2.05) is 42.6 Å². The van der Waals surface area contributed by atoms with Gasteiger partial charge in [0, 0.05) is 19.2 Å². The van der Waals surface area contributed by atoms with Crippen LogP contribution in [0.2, 0.25) is 0 Å². The van der Waals surface area contributed by atoms with Crippen LogP contribution in [-0.2, 0) is 6.54 Å². The fraction of sp³-hybridized carbons (Fsp3) is 0.222. The number of benzene rings is 1. The Bertz CT molecular complexity index is 888. The summed E-state index contributed by atoms with van der Waals surface area (Å²) in [6.07, 6.45) is 0. The quantitative estimate of drug-likeness (QED) is 0.696. The second-order valence-corrected chi connectivity index (χ2v) is 6.51. The minimum atomic E-state index is -0.160. The average Bonchev–Trinajstić information content (AvgIpc) is 3.39. The van der Waals surface area contributed by atoms with E-state index >= 15 is 0 Å². The molecule has 0 atom stereocenters. The van der Waals surface area contributed by atoms with E-state index in [-0.39, 0.29) is 12.7 Å². The van der Waals surface area contributed by atoms with Gasteiger partial charge in [0.2, 0.25) is 6.79 Å². The van der Waals surface area contributed by atoms with E-state index in [9.17, 15) is 4.79 Å². The van der Waals surface area contributed by atoms with Gasteiger partial charge in [-0.2, -0.15) is 0 Å². The third kappa shape index (κ3) is 3.10. The molecule has 25 heavy (non-hydrogen) atoms. The molecule has 0 fully saturated rings. The van der Waals surface area contributed by atoms with Crippen molar-refractivity contribution in [3.63, 3.8) is 0 Å². The molecular formula is C18H16N2O4S. The van der Waals surface area contributed by atoms with Crippen LogP contribution >= 0.6 is 11.3 Å². The fourth-order valence-electron chi connectivity index (χ4n) is 2.66. The first-order chi connectivity index (χ1) is 12.2. The monoisotopic (exact) mass is 356 g/mol. The predicted molar refractivity (Wildman–Crippen MR) is 92.8 cm³/mol. The molecule has 0 saturated carbocycles. The minimum absolute atomic E-state index is 0.160. The number of fused-ring (bicyclic) bond motifs is 1. The Labute approximate surface area is 148 Å². The number of hydrogen-bond donors (Lipinski definition) is 0. The molecule has 7 heteroatoms. The van der Waals surface area contributed by atoms with Crippen LogP contribution in [0.4, 0.5) is 0 Å². The van der Waals surface area contributed by atoms with Gasteiger partial charge >= 0.3 is 0 Å². The van der Waals surface area contributed by atoms with Crippen LogP contribution in [0.25, 0.3) is 10.6 Å². The number of rotatable bonds is 5. The molecule has 0 unspecified atom stereocenters. The summed E-state index contributed by atoms with van der Waals surface area (Å²) in [5, 5.41) is 5.89. The lowest BCUT2D eigenvalue weighted by Gasteiger charge is -2.19. The highest BCUT2D eigenvalue weighted by molar-refractivity contribution is 7.13. The fourth-order valence-corrected chi connectivity index (χ4v) is 3.33. The number of thiophene rings is 1. The Kier molecular flexibility index (Phi) is 4.15. The van der Waals surface area contributed by atoms with Gasteiger partial charge in [-0.25, -0.2) is 0 Å². The highest BCUT2D eigenvalue weighted by Crippen LogP contribution is 2.33. The highest BCUT2D eigenvalue weighted by atomic mass is 32.1. The normalized spacial score (nSPS) is 12.4. The van der Waals surface area contributed by atoms with Gasteiger partial charge in [0.05, 0.1) is 4.88 Å². The van der Waals surface area contributed by atoms with Crippen LogP contribution in [0.1, 0.15) is 23.0 Å². The Hall–Kier alpha value is -2.80. The molecule has 0 saturated heterocycles. The van der Waals surface area contributed by atoms with Gasteiger partial charge in [-0.15, -0.1) is 11.3 Å². The van der Waals surface area contributed by atoms with E-state index < -0.39 is 0 Å². The number of amides is 1. The maximum absolute atomic E-state index is 12.7. The molecule has 0 spiro atoms. The van der Waals surface area contributed by atoms with E-state index in [1.54, 1.807) is 22.3 Å². The zero-order valence-electron chi connectivity index (χ0n) is 13.6. The second kappa shape index (κ2) is 6.60. The summed E-state index contributed by atoms with van der Waals surface area (Å²) in [6, 6.07) is 11.3. The van der Waals surface area contributed by atoms with E-state index in [0.717, 1.165) is 16.2 Å². The number of carbonyl (C=O) groups is 1. The molecule has 3 heterocycles. The van der Waals surface area contributed by atoms with Crippen molar-refractivity contribution < 1.29 is 18.8 Å². The summed E-state index contributed by atoms with van der Waals surface area (Å²) in [5.74, 6) is 1.89. The SMILES string of the molecule is CCN(Cc1ccc2c(c1)OCO2)C(=O)c1cc(-c2cccs2)on1. The number of aromatic nitrogens is 1. The molecule has 1 aromatic carbocycles. The molecule has 6 nitrogen and oxygen atoms in total. The number of nitrogens with zero attached hydrogens (tertiary/aromatic N) is 2. The van der Waals surface area contributed by atoms with Gasteiger partial charge in [-0.05, 0) is 36.1 Å². The van der Waals surface area contributed by atoms with Crippen LogP contribution in [0.5, 0.6) is 11.5 Å². The van der Waals surface area contributed by atoms with Gasteiger partial charge in [0.25, 0.3) is 5.91 Å². The topological polar surface area (TPSA) is 64.8 Å². The van der Waals surface area contributed by atoms with Crippen molar-refractivity contribution in [1.82, 2.24) is 10.1 Å². The van der Waals surface area contributed by atoms with Crippen molar-refractivity contribution in [2.45, 2.75) is 13.5 Å². The Morgan fingerprint density at radius 3 is 2.92 bits per heavy atom. The molecule has 0 aliphatic carbocycles. The van der Waals surface area contributed by atoms with Crippen molar-refractivity contribution in [2.75, 3.05) is 13.3 Å². The predicted octanol–water partition coefficient (Wildman–Crippen LogP) is 3.79. The van der Waals surface area contributed by atoms with Crippen molar-refractivity contribution in [3.8, 4) is 22.1 Å². The highest BCUT2D eigenvalue weighted by Gasteiger charge is 2.21. The van der Waals surface area contributed by atoms with Gasteiger partial charge in [0.1, 0.15) is 0 Å². The molecule has 3 aromatic rings. The van der Waals surface area contributed by atoms with Crippen molar-refractivity contribution in [3.05, 3.63) is 53.0 Å². The van der Waals surface area contributed by atoms with Crippen LogP contribution in [0.3, 0.4) is 0 Å². The Morgan fingerprint density at radius 1 is 1.24 bits per heavy atom. The van der Waals surface area contributed by atoms with Gasteiger partial charge in [-0.3, -0.25) is 4.79 Å². The van der Waals surface area contributed by atoms with Crippen LogP contribution in [0, 0.1) is 0 Å². The lowest BCUT2D eigenvalue weighted by Crippen LogP contribution is -2.30. The van der Waals surface area contributed by atoms with Crippen LogP contribution < -0.4 is 9.47 Å². The standard InChI is InChI=1S/C18H16N2O4S/c1-2-20(10-12-5-6-14-15(8-12)23-11-22-14)18(21)13-9-16(24-19-13)17-4-3-7-25-17/h3-9H,2,10-11H2,1H3. The molecule has 1 aliphatic heterocycles. The first-order valence-electron chi connectivity index (χ1n) is 7.93.